The van der Waals surface area contributed by atoms with E-state index in [9.17, 15) is 47.9 Å². The monoisotopic (exact) mass is 959 g/mol. The predicted molar refractivity (Wildman–Crippen MR) is 245 cm³/mol. The van der Waals surface area contributed by atoms with E-state index >= 15 is 0 Å². The molecule has 0 saturated carbocycles. The van der Waals surface area contributed by atoms with Crippen LogP contribution in [0, 0.1) is 23.7 Å². The molecule has 1 aromatic rings. The van der Waals surface area contributed by atoms with Gasteiger partial charge in [-0.15, -0.1) is 0 Å². The van der Waals surface area contributed by atoms with Crippen molar-refractivity contribution in [2.75, 3.05) is 28.4 Å². The van der Waals surface area contributed by atoms with Crippen LogP contribution in [0.1, 0.15) is 120 Å². The summed E-state index contributed by atoms with van der Waals surface area (Å²) in [5, 5.41) is 18.5. The largest absolute Gasteiger partial charge is 0.467 e. The molecular formula is C45H69N9O14. The molecule has 0 aliphatic heterocycles. The van der Waals surface area contributed by atoms with E-state index < -0.39 is 115 Å². The number of amides is 6. The summed E-state index contributed by atoms with van der Waals surface area (Å²) in [6.45, 7) is 14.0. The second kappa shape index (κ2) is 29.8. The van der Waals surface area contributed by atoms with Crippen LogP contribution in [0.3, 0.4) is 0 Å². The van der Waals surface area contributed by atoms with Crippen molar-refractivity contribution in [3.63, 3.8) is 0 Å². The predicted octanol–water partition coefficient (Wildman–Crippen LogP) is 2.29. The molecule has 23 heteroatoms. The molecule has 0 bridgehead atoms. The molecule has 0 aromatic heterocycles. The first-order chi connectivity index (χ1) is 31.9. The maximum absolute atomic E-state index is 14.1. The second-order valence-electron chi connectivity index (χ2n) is 17.7. The molecule has 0 spiro atoms. The maximum atomic E-state index is 14.1. The van der Waals surface area contributed by atoms with Gasteiger partial charge in [0.25, 0.3) is 11.8 Å². The molecule has 0 aliphatic carbocycles. The third kappa shape index (κ3) is 21.2. The molecule has 6 amide bonds. The van der Waals surface area contributed by atoms with E-state index in [0.717, 1.165) is 34.5 Å². The first kappa shape index (κ1) is 59.2. The molecule has 68 heavy (non-hydrogen) atoms. The summed E-state index contributed by atoms with van der Waals surface area (Å²) >= 11 is 0. The average Bonchev–Trinajstić information content (AvgIpc) is 3.27. The molecule has 1 rings (SSSR count). The molecule has 378 valence electrons. The van der Waals surface area contributed by atoms with Gasteiger partial charge < -0.3 is 50.8 Å². The third-order valence-electron chi connectivity index (χ3n) is 9.93. The number of hydrogen-bond donors (Lipinski definition) is 6. The number of rotatable bonds is 28. The Morgan fingerprint density at radius 3 is 1.03 bits per heavy atom. The van der Waals surface area contributed by atoms with Gasteiger partial charge in [-0.1, -0.05) is 60.5 Å². The number of azide groups is 1. The van der Waals surface area contributed by atoms with Gasteiger partial charge in [-0.2, -0.15) is 0 Å². The first-order valence-corrected chi connectivity index (χ1v) is 22.2. The van der Waals surface area contributed by atoms with Gasteiger partial charge in [0, 0.05) is 16.0 Å². The Labute approximate surface area is 396 Å². The number of hydrogen-bond acceptors (Lipinski definition) is 15. The van der Waals surface area contributed by atoms with Crippen LogP contribution in [-0.4, -0.2) is 124 Å². The zero-order valence-corrected chi connectivity index (χ0v) is 41.0. The summed E-state index contributed by atoms with van der Waals surface area (Å²) in [5.41, 5.74) is 8.58. The Hall–Kier alpha value is -6.77. The number of esters is 4. The van der Waals surface area contributed by atoms with Crippen molar-refractivity contribution >= 4 is 59.3 Å². The number of nitrogens with zero attached hydrogens (tertiary/aromatic N) is 3. The van der Waals surface area contributed by atoms with Gasteiger partial charge in [-0.25, -0.2) is 19.2 Å². The number of nitrogens with one attached hydrogen (secondary N) is 6. The lowest BCUT2D eigenvalue weighted by molar-refractivity contribution is -0.146. The number of methoxy groups -OCH3 is 4. The van der Waals surface area contributed by atoms with E-state index in [0.29, 0.717) is 0 Å². The van der Waals surface area contributed by atoms with Crippen LogP contribution in [-0.2, 0) is 63.8 Å². The smallest absolute Gasteiger partial charge is 0.328 e. The summed E-state index contributed by atoms with van der Waals surface area (Å²) in [6, 6.07) is -4.49. The molecule has 0 radical (unpaired) electrons. The zero-order chi connectivity index (χ0) is 51.8. The fourth-order valence-electron chi connectivity index (χ4n) is 6.79. The van der Waals surface area contributed by atoms with E-state index in [1.54, 1.807) is 27.7 Å². The van der Waals surface area contributed by atoms with Gasteiger partial charge in [-0.05, 0) is 78.6 Å². The minimum atomic E-state index is -1.71. The van der Waals surface area contributed by atoms with Crippen LogP contribution in [0.4, 0.5) is 0 Å². The van der Waals surface area contributed by atoms with E-state index in [1.165, 1.54) is 12.1 Å². The van der Waals surface area contributed by atoms with Crippen LogP contribution < -0.4 is 31.9 Å². The molecule has 0 saturated heterocycles. The summed E-state index contributed by atoms with van der Waals surface area (Å²) in [4.78, 5) is 136. The Morgan fingerprint density at radius 2 is 0.765 bits per heavy atom. The number of carbonyl (C=O) groups excluding carboxylic acids is 10. The van der Waals surface area contributed by atoms with E-state index in [-0.39, 0.29) is 66.0 Å². The van der Waals surface area contributed by atoms with Crippen molar-refractivity contribution in [1.82, 2.24) is 31.9 Å². The topological polar surface area (TPSA) is 329 Å². The van der Waals surface area contributed by atoms with Gasteiger partial charge >= 0.3 is 23.9 Å². The first-order valence-electron chi connectivity index (χ1n) is 22.2. The van der Waals surface area contributed by atoms with Crippen molar-refractivity contribution < 1.29 is 66.9 Å². The summed E-state index contributed by atoms with van der Waals surface area (Å²) in [7, 11) is 4.52. The van der Waals surface area contributed by atoms with Crippen LogP contribution >= 0.6 is 0 Å². The van der Waals surface area contributed by atoms with Crippen LogP contribution in [0.15, 0.2) is 23.3 Å². The third-order valence-corrected chi connectivity index (χ3v) is 9.93. The lowest BCUT2D eigenvalue weighted by atomic mass is 10.0. The SMILES string of the molecule is COC(=O)[C@H](CC(C)C)NC(=O)C[C@H](NC(=O)c1cc(CN=[N+]=[N-])cc(C(=O)N[C@@H](CC(=O)N[C@@H](CC(C)C)C(=O)OC)C(=O)N[C@@H](CC(C)C)C(=O)OC)c1)C(=O)N[C@@H](CC(C)C)C(=O)OC. The van der Waals surface area contributed by atoms with Gasteiger partial charge in [0.1, 0.15) is 36.3 Å². The minimum Gasteiger partial charge on any atom is -0.467 e. The van der Waals surface area contributed by atoms with Crippen molar-refractivity contribution in [1.29, 1.82) is 0 Å². The Kier molecular flexibility index (Phi) is 25.9. The van der Waals surface area contributed by atoms with Crippen molar-refractivity contribution in [3.8, 4) is 0 Å². The number of carbonyl (C=O) groups is 10. The quantitative estimate of drug-likeness (QED) is 0.0231. The molecule has 23 nitrogen and oxygen atoms in total. The average molecular weight is 960 g/mol. The van der Waals surface area contributed by atoms with Gasteiger partial charge in [0.05, 0.1) is 47.8 Å². The van der Waals surface area contributed by atoms with E-state index in [4.69, 9.17) is 24.5 Å². The highest BCUT2D eigenvalue weighted by Gasteiger charge is 2.34. The highest BCUT2D eigenvalue weighted by Crippen LogP contribution is 2.16. The Balaban J connectivity index is 3.84. The van der Waals surface area contributed by atoms with Crippen LogP contribution in [0.25, 0.3) is 10.4 Å². The second-order valence-corrected chi connectivity index (χ2v) is 17.7. The standard InChI is InChI=1S/C45H69N9O14/c1-23(2)13-32(42(61)65-9)48-36(55)20-30(40(59)52-34(15-25(5)6)44(63)67-11)50-38(57)28-17-27(22-47-54-46)18-29(19-28)39(58)51-31(41(60)53-35(16-26(7)8)45(64)68-12)21-37(56)49-33(14-24(3)4)43(62)66-10/h17-19,23-26,30-35H,13-16,20-22H2,1-12H3,(H,48,55)(H,49,56)(H,50,57)(H,51,58)(H,52,59)(H,53,60)/t30-,31-,32-,33-,34-,35-/m0/s1. The van der Waals surface area contributed by atoms with E-state index in [1.807, 2.05) is 27.7 Å². The molecule has 0 fully saturated rings. The molecule has 0 aliphatic rings. The van der Waals surface area contributed by atoms with Crippen molar-refractivity contribution in [2.24, 2.45) is 28.8 Å². The molecular weight excluding hydrogens is 891 g/mol. The van der Waals surface area contributed by atoms with Gasteiger partial charge in [0.15, 0.2) is 0 Å². The lowest BCUT2D eigenvalue weighted by Gasteiger charge is -2.25. The maximum Gasteiger partial charge on any atom is 0.328 e. The van der Waals surface area contributed by atoms with Gasteiger partial charge in [0.2, 0.25) is 23.6 Å². The lowest BCUT2D eigenvalue weighted by Crippen LogP contribution is -2.54. The summed E-state index contributed by atoms with van der Waals surface area (Å²) in [5.74, 6) is -9.23. The summed E-state index contributed by atoms with van der Waals surface area (Å²) < 4.78 is 19.4. The molecule has 6 atom stereocenters. The Bertz CT molecular complexity index is 1870. The fourth-order valence-corrected chi connectivity index (χ4v) is 6.79. The highest BCUT2D eigenvalue weighted by atomic mass is 16.5. The van der Waals surface area contributed by atoms with Crippen molar-refractivity contribution in [2.45, 2.75) is 137 Å². The molecule has 6 N–H and O–H groups in total. The summed E-state index contributed by atoms with van der Waals surface area (Å²) in [6.07, 6.45) is -0.911. The Morgan fingerprint density at radius 1 is 0.471 bits per heavy atom. The van der Waals surface area contributed by atoms with E-state index in [2.05, 4.69) is 41.9 Å². The number of ether oxygens (including phenoxy) is 4. The zero-order valence-electron chi connectivity index (χ0n) is 41.0. The van der Waals surface area contributed by atoms with Crippen LogP contribution in [0.2, 0.25) is 0 Å². The highest BCUT2D eigenvalue weighted by molar-refractivity contribution is 6.04. The minimum absolute atomic E-state index is 0.0730. The molecule has 1 aromatic carbocycles. The van der Waals surface area contributed by atoms with Crippen LogP contribution in [0.5, 0.6) is 0 Å². The normalized spacial score (nSPS) is 13.6. The van der Waals surface area contributed by atoms with Crippen molar-refractivity contribution in [3.05, 3.63) is 45.3 Å². The number of benzene rings is 1. The van der Waals surface area contributed by atoms with Gasteiger partial charge in [-0.3, -0.25) is 28.8 Å². The fraction of sp³-hybridized carbons (Fsp3) is 0.644. The molecule has 0 unspecified atom stereocenters. The molecule has 0 heterocycles.